The van der Waals surface area contributed by atoms with Crippen molar-refractivity contribution in [1.82, 2.24) is 4.72 Å². The molecule has 0 aliphatic heterocycles. The largest absolute Gasteiger partial charge is 0.250 e. The lowest BCUT2D eigenvalue weighted by Gasteiger charge is -2.19. The maximum Gasteiger partial charge on any atom is 0.250 e. The zero-order valence-corrected chi connectivity index (χ0v) is 16.0. The van der Waals surface area contributed by atoms with Crippen LogP contribution in [0.5, 0.6) is 0 Å². The Balaban J connectivity index is 2.71. The van der Waals surface area contributed by atoms with Crippen LogP contribution in [0, 0.1) is 12.8 Å². The average molecular weight is 433 g/mol. The second-order valence-electron chi connectivity index (χ2n) is 4.47. The molecule has 0 radical (unpaired) electrons. The van der Waals surface area contributed by atoms with Gasteiger partial charge in [-0.2, -0.15) is 0 Å². The predicted molar refractivity (Wildman–Crippen MR) is 88.7 cm³/mol. The topological polar surface area (TPSA) is 46.2 Å². The molecule has 110 valence electrons. The highest BCUT2D eigenvalue weighted by Crippen LogP contribution is 2.30. The van der Waals surface area contributed by atoms with Crippen LogP contribution in [0.1, 0.15) is 32.3 Å². The number of sulfonamides is 1. The van der Waals surface area contributed by atoms with Crippen LogP contribution in [0.15, 0.2) is 14.1 Å². The minimum atomic E-state index is -3.40. The monoisotopic (exact) mass is 431 g/mol. The first kappa shape index (κ1) is 17.6. The van der Waals surface area contributed by atoms with Gasteiger partial charge >= 0.3 is 0 Å². The second-order valence-corrected chi connectivity index (χ2v) is 10.0. The van der Waals surface area contributed by atoms with Gasteiger partial charge in [-0.15, -0.1) is 11.3 Å². The molecule has 0 amide bonds. The van der Waals surface area contributed by atoms with Crippen LogP contribution in [0.3, 0.4) is 0 Å². The maximum atomic E-state index is 12.2. The van der Waals surface area contributed by atoms with Gasteiger partial charge < -0.3 is 0 Å². The number of alkyl halides is 1. The molecule has 1 atom stereocenters. The van der Waals surface area contributed by atoms with Crippen LogP contribution in [0.25, 0.3) is 0 Å². The van der Waals surface area contributed by atoms with Crippen molar-refractivity contribution in [2.75, 3.05) is 6.54 Å². The summed E-state index contributed by atoms with van der Waals surface area (Å²) in [6, 6.07) is 1.69. The molecule has 0 bridgehead atoms. The average Bonchev–Trinajstić information content (AvgIpc) is 2.70. The van der Waals surface area contributed by atoms with E-state index in [1.807, 2.05) is 6.92 Å². The molecule has 0 fully saturated rings. The summed E-state index contributed by atoms with van der Waals surface area (Å²) in [6.45, 7) is 6.55. The number of hydrogen-bond acceptors (Lipinski definition) is 3. The number of halogens is 2. The Hall–Kier alpha value is 0.570. The number of thiophene rings is 1. The lowest BCUT2D eigenvalue weighted by molar-refractivity contribution is 0.471. The third-order valence-corrected chi connectivity index (χ3v) is 8.23. The van der Waals surface area contributed by atoms with Crippen molar-refractivity contribution in [3.63, 3.8) is 0 Å². The van der Waals surface area contributed by atoms with E-state index in [0.29, 0.717) is 16.7 Å². The first-order chi connectivity index (χ1) is 8.81. The smallest absolute Gasteiger partial charge is 0.209 e. The molecule has 1 N–H and O–H groups in total. The molecule has 7 heteroatoms. The van der Waals surface area contributed by atoms with E-state index in [2.05, 4.69) is 50.4 Å². The zero-order valence-electron chi connectivity index (χ0n) is 11.2. The van der Waals surface area contributed by atoms with E-state index in [1.165, 1.54) is 11.3 Å². The van der Waals surface area contributed by atoms with E-state index in [-0.39, 0.29) is 4.83 Å². The maximum absolute atomic E-state index is 12.2. The summed E-state index contributed by atoms with van der Waals surface area (Å²) in [5, 5.41) is 0. The number of hydrogen-bond donors (Lipinski definition) is 1. The lowest BCUT2D eigenvalue weighted by atomic mass is 10.00. The van der Waals surface area contributed by atoms with Crippen molar-refractivity contribution in [2.45, 2.75) is 42.6 Å². The van der Waals surface area contributed by atoms with Crippen molar-refractivity contribution in [3.8, 4) is 0 Å². The van der Waals surface area contributed by atoms with E-state index in [9.17, 15) is 8.42 Å². The van der Waals surface area contributed by atoms with Crippen LogP contribution in [-0.4, -0.2) is 19.8 Å². The predicted octanol–water partition coefficient (Wildman–Crippen LogP) is 4.30. The Morgan fingerprint density at radius 2 is 1.95 bits per heavy atom. The Labute approximate surface area is 136 Å². The number of aryl methyl sites for hydroxylation is 1. The highest BCUT2D eigenvalue weighted by atomic mass is 79.9. The standard InChI is InChI=1S/C12H19Br2NO2S2/c1-4-9(5-2)10(13)7-15-19(16,17)11-6-8(3)12(14)18-11/h6,9-10,15H,4-5,7H2,1-3H3. The van der Waals surface area contributed by atoms with Gasteiger partial charge in [-0.1, -0.05) is 42.6 Å². The molecular formula is C12H19Br2NO2S2. The Morgan fingerprint density at radius 1 is 1.37 bits per heavy atom. The van der Waals surface area contributed by atoms with E-state index in [0.717, 1.165) is 22.2 Å². The number of nitrogens with one attached hydrogen (secondary N) is 1. The Kier molecular flexibility index (Phi) is 6.99. The Bertz CT molecular complexity index is 490. The van der Waals surface area contributed by atoms with E-state index in [1.54, 1.807) is 6.07 Å². The fraction of sp³-hybridized carbons (Fsp3) is 0.667. The van der Waals surface area contributed by atoms with E-state index in [4.69, 9.17) is 0 Å². The number of rotatable bonds is 7. The van der Waals surface area contributed by atoms with Gasteiger partial charge in [-0.05, 0) is 40.4 Å². The highest BCUT2D eigenvalue weighted by Gasteiger charge is 2.21. The summed E-state index contributed by atoms with van der Waals surface area (Å²) >= 11 is 8.17. The summed E-state index contributed by atoms with van der Waals surface area (Å²) in [4.78, 5) is 0.168. The molecular weight excluding hydrogens is 414 g/mol. The summed E-state index contributed by atoms with van der Waals surface area (Å²) in [6.07, 6.45) is 2.08. The normalized spacial score (nSPS) is 14.0. The van der Waals surface area contributed by atoms with Crippen molar-refractivity contribution >= 4 is 53.2 Å². The van der Waals surface area contributed by atoms with Gasteiger partial charge in [0.05, 0.1) is 3.79 Å². The van der Waals surface area contributed by atoms with Crippen LogP contribution < -0.4 is 4.72 Å². The molecule has 0 aliphatic rings. The second kappa shape index (κ2) is 7.54. The third kappa shape index (κ3) is 4.81. The van der Waals surface area contributed by atoms with Gasteiger partial charge in [0.1, 0.15) is 4.21 Å². The lowest BCUT2D eigenvalue weighted by Crippen LogP contribution is -2.32. The third-order valence-electron chi connectivity index (χ3n) is 3.13. The minimum absolute atomic E-state index is 0.168. The molecule has 0 spiro atoms. The van der Waals surface area contributed by atoms with Gasteiger partial charge in [0, 0.05) is 11.4 Å². The molecule has 0 aliphatic carbocycles. The molecule has 1 unspecified atom stereocenters. The van der Waals surface area contributed by atoms with Gasteiger partial charge in [0.25, 0.3) is 0 Å². The fourth-order valence-electron chi connectivity index (χ4n) is 1.79. The van der Waals surface area contributed by atoms with Crippen LogP contribution in [0.4, 0.5) is 0 Å². The van der Waals surface area contributed by atoms with Gasteiger partial charge in [-0.25, -0.2) is 13.1 Å². The van der Waals surface area contributed by atoms with E-state index >= 15 is 0 Å². The molecule has 3 nitrogen and oxygen atoms in total. The summed E-state index contributed by atoms with van der Waals surface area (Å²) in [7, 11) is -3.40. The first-order valence-electron chi connectivity index (χ1n) is 6.21. The van der Waals surface area contributed by atoms with Crippen LogP contribution in [-0.2, 0) is 10.0 Å². The molecule has 0 saturated carbocycles. The van der Waals surface area contributed by atoms with Crippen LogP contribution in [0.2, 0.25) is 0 Å². The van der Waals surface area contributed by atoms with Gasteiger partial charge in [0.2, 0.25) is 10.0 Å². The molecule has 1 heterocycles. The minimum Gasteiger partial charge on any atom is -0.209 e. The van der Waals surface area contributed by atoms with Crippen LogP contribution >= 0.6 is 43.2 Å². The molecule has 19 heavy (non-hydrogen) atoms. The zero-order chi connectivity index (χ0) is 14.6. The molecule has 0 aromatic carbocycles. The molecule has 1 rings (SSSR count). The highest BCUT2D eigenvalue weighted by molar-refractivity contribution is 9.11. The molecule has 1 aromatic rings. The molecule has 0 saturated heterocycles. The quantitative estimate of drug-likeness (QED) is 0.653. The van der Waals surface area contributed by atoms with Crippen molar-refractivity contribution in [1.29, 1.82) is 0 Å². The van der Waals surface area contributed by atoms with Crippen molar-refractivity contribution in [3.05, 3.63) is 15.4 Å². The molecule has 1 aromatic heterocycles. The van der Waals surface area contributed by atoms with Gasteiger partial charge in [0.15, 0.2) is 0 Å². The summed E-state index contributed by atoms with van der Waals surface area (Å²) in [5.74, 6) is 0.486. The van der Waals surface area contributed by atoms with Crippen molar-refractivity contribution in [2.24, 2.45) is 5.92 Å². The van der Waals surface area contributed by atoms with Crippen molar-refractivity contribution < 1.29 is 8.42 Å². The SMILES string of the molecule is CCC(CC)C(Br)CNS(=O)(=O)c1cc(C)c(Br)s1. The summed E-state index contributed by atoms with van der Waals surface area (Å²) in [5.41, 5.74) is 0.945. The first-order valence-corrected chi connectivity index (χ1v) is 10.2. The van der Waals surface area contributed by atoms with Gasteiger partial charge in [-0.3, -0.25) is 0 Å². The summed E-state index contributed by atoms with van der Waals surface area (Å²) < 4.78 is 28.2. The Morgan fingerprint density at radius 3 is 2.37 bits per heavy atom. The van der Waals surface area contributed by atoms with E-state index < -0.39 is 10.0 Å². The fourth-order valence-corrected chi connectivity index (χ4v) is 6.25.